The Hall–Kier alpha value is -0.980. The van der Waals surface area contributed by atoms with Gasteiger partial charge >= 0.3 is 6.18 Å². The summed E-state index contributed by atoms with van der Waals surface area (Å²) in [7, 11) is 0. The predicted octanol–water partition coefficient (Wildman–Crippen LogP) is 4.76. The smallest absolute Gasteiger partial charge is 0.348 e. The third-order valence-corrected chi connectivity index (χ3v) is 5.60. The number of nitrogens with zero attached hydrogens (tertiary/aromatic N) is 1. The molecule has 1 saturated carbocycles. The zero-order chi connectivity index (χ0) is 18.2. The lowest BCUT2D eigenvalue weighted by Gasteiger charge is -2.29. The second-order valence-electron chi connectivity index (χ2n) is 6.63. The van der Waals surface area contributed by atoms with E-state index in [9.17, 15) is 18.0 Å². The topological polar surface area (TPSA) is 32.3 Å². The van der Waals surface area contributed by atoms with E-state index in [2.05, 4.69) is 10.2 Å². The van der Waals surface area contributed by atoms with Crippen LogP contribution in [0.25, 0.3) is 0 Å². The van der Waals surface area contributed by atoms with Crippen molar-refractivity contribution in [3.8, 4) is 0 Å². The van der Waals surface area contributed by atoms with E-state index in [-0.39, 0.29) is 27.7 Å². The average Bonchev–Trinajstić information content (AvgIpc) is 3.15. The Labute approximate surface area is 154 Å². The number of benzene rings is 1. The number of carbonyl (C=O) groups excluding carboxylic acids is 1. The summed E-state index contributed by atoms with van der Waals surface area (Å²) in [5.41, 5.74) is -1.06. The molecule has 2 unspecified atom stereocenters. The number of likely N-dealkylation sites (tertiary alicyclic amines) is 1. The number of alkyl halides is 3. The quantitative estimate of drug-likeness (QED) is 0.801. The van der Waals surface area contributed by atoms with Crippen LogP contribution in [0.1, 0.15) is 48.0 Å². The minimum Gasteiger partial charge on any atom is -0.348 e. The molecule has 0 radical (unpaired) electrons. The van der Waals surface area contributed by atoms with Crippen LogP contribution >= 0.6 is 23.2 Å². The molecule has 8 heteroatoms. The third-order valence-electron chi connectivity index (χ3n) is 5.00. The Balaban J connectivity index is 1.77. The SMILES string of the molecule is O=C(NC1CCCC1N1CCCC1)c1c(Cl)cc(C(F)(F)F)cc1Cl. The molecule has 3 rings (SSSR count). The van der Waals surface area contributed by atoms with Gasteiger partial charge in [0.2, 0.25) is 0 Å². The van der Waals surface area contributed by atoms with Crippen LogP contribution in [0.2, 0.25) is 10.0 Å². The van der Waals surface area contributed by atoms with Crippen LogP contribution in [0.4, 0.5) is 13.2 Å². The van der Waals surface area contributed by atoms with Crippen LogP contribution in [0.3, 0.4) is 0 Å². The molecule has 1 aromatic rings. The van der Waals surface area contributed by atoms with Crippen molar-refractivity contribution in [3.63, 3.8) is 0 Å². The molecule has 1 aromatic carbocycles. The van der Waals surface area contributed by atoms with E-state index >= 15 is 0 Å². The molecule has 0 aromatic heterocycles. The zero-order valence-electron chi connectivity index (χ0n) is 13.5. The molecule has 2 aliphatic rings. The average molecular weight is 395 g/mol. The second-order valence-corrected chi connectivity index (χ2v) is 7.45. The number of carbonyl (C=O) groups is 1. The molecule has 2 atom stereocenters. The van der Waals surface area contributed by atoms with Crippen LogP contribution in [-0.4, -0.2) is 36.0 Å². The summed E-state index contributed by atoms with van der Waals surface area (Å²) in [5, 5.41) is 2.36. The van der Waals surface area contributed by atoms with Gasteiger partial charge in [-0.1, -0.05) is 23.2 Å². The molecule has 1 amide bonds. The fraction of sp³-hybridized carbons (Fsp3) is 0.588. The van der Waals surface area contributed by atoms with Crippen molar-refractivity contribution in [1.29, 1.82) is 0 Å². The summed E-state index contributed by atoms with van der Waals surface area (Å²) in [6.45, 7) is 2.05. The van der Waals surface area contributed by atoms with Gasteiger partial charge in [-0.25, -0.2) is 0 Å². The highest BCUT2D eigenvalue weighted by atomic mass is 35.5. The first kappa shape index (κ1) is 18.8. The van der Waals surface area contributed by atoms with Crippen LogP contribution < -0.4 is 5.32 Å². The van der Waals surface area contributed by atoms with E-state index in [0.29, 0.717) is 0 Å². The van der Waals surface area contributed by atoms with Crippen LogP contribution in [0, 0.1) is 0 Å². The van der Waals surface area contributed by atoms with Gasteiger partial charge in [0, 0.05) is 12.1 Å². The summed E-state index contributed by atoms with van der Waals surface area (Å²) >= 11 is 11.9. The Bertz CT molecular complexity index is 637. The highest BCUT2D eigenvalue weighted by molar-refractivity contribution is 6.39. The molecule has 0 bridgehead atoms. The molecule has 138 valence electrons. The van der Waals surface area contributed by atoms with Gasteiger partial charge in [-0.15, -0.1) is 0 Å². The first-order chi connectivity index (χ1) is 11.8. The predicted molar refractivity (Wildman–Crippen MR) is 91.2 cm³/mol. The summed E-state index contributed by atoms with van der Waals surface area (Å²) < 4.78 is 38.4. The van der Waals surface area contributed by atoms with Crippen molar-refractivity contribution in [2.75, 3.05) is 13.1 Å². The maximum atomic E-state index is 12.8. The van der Waals surface area contributed by atoms with Crippen LogP contribution in [0.5, 0.6) is 0 Å². The van der Waals surface area contributed by atoms with E-state index in [0.717, 1.165) is 57.3 Å². The zero-order valence-corrected chi connectivity index (χ0v) is 15.0. The van der Waals surface area contributed by atoms with Crippen molar-refractivity contribution in [1.82, 2.24) is 10.2 Å². The van der Waals surface area contributed by atoms with Crippen molar-refractivity contribution >= 4 is 29.1 Å². The lowest BCUT2D eigenvalue weighted by atomic mass is 10.1. The van der Waals surface area contributed by atoms with E-state index in [1.807, 2.05) is 0 Å². The molecular formula is C17H19Cl2F3N2O. The first-order valence-electron chi connectivity index (χ1n) is 8.38. The molecule has 0 spiro atoms. The van der Waals surface area contributed by atoms with E-state index < -0.39 is 17.6 Å². The summed E-state index contributed by atoms with van der Waals surface area (Å²) in [5.74, 6) is -0.514. The van der Waals surface area contributed by atoms with Gasteiger partial charge in [-0.05, 0) is 57.3 Å². The largest absolute Gasteiger partial charge is 0.416 e. The maximum absolute atomic E-state index is 12.8. The van der Waals surface area contributed by atoms with Crippen molar-refractivity contribution in [3.05, 3.63) is 33.3 Å². The fourth-order valence-electron chi connectivity index (χ4n) is 3.81. The molecule has 1 heterocycles. The van der Waals surface area contributed by atoms with Crippen LogP contribution in [-0.2, 0) is 6.18 Å². The normalized spacial score (nSPS) is 24.7. The van der Waals surface area contributed by atoms with Crippen molar-refractivity contribution < 1.29 is 18.0 Å². The van der Waals surface area contributed by atoms with Gasteiger partial charge in [-0.3, -0.25) is 9.69 Å². The second kappa shape index (κ2) is 7.33. The summed E-state index contributed by atoms with van der Waals surface area (Å²) in [4.78, 5) is 15.0. The van der Waals surface area contributed by atoms with E-state index in [4.69, 9.17) is 23.2 Å². The van der Waals surface area contributed by atoms with Gasteiger partial charge in [-0.2, -0.15) is 13.2 Å². The Morgan fingerprint density at radius 2 is 1.68 bits per heavy atom. The number of hydrogen-bond acceptors (Lipinski definition) is 2. The number of hydrogen-bond donors (Lipinski definition) is 1. The molecule has 25 heavy (non-hydrogen) atoms. The minimum absolute atomic E-state index is 0.0278. The molecule has 1 aliphatic carbocycles. The van der Waals surface area contributed by atoms with Crippen molar-refractivity contribution in [2.45, 2.75) is 50.4 Å². The molecule has 1 saturated heterocycles. The summed E-state index contributed by atoms with van der Waals surface area (Å²) in [6, 6.07) is 1.74. The lowest BCUT2D eigenvalue weighted by molar-refractivity contribution is -0.137. The molecular weight excluding hydrogens is 376 g/mol. The fourth-order valence-corrected chi connectivity index (χ4v) is 4.47. The Kier molecular flexibility index (Phi) is 5.51. The first-order valence-corrected chi connectivity index (χ1v) is 9.14. The standard InChI is InChI=1S/C17H19Cl2F3N2O/c18-11-8-10(17(20,21)22)9-12(19)15(11)16(25)23-13-4-3-5-14(13)24-6-1-2-7-24/h8-9,13-14H,1-7H2,(H,23,25). The van der Waals surface area contributed by atoms with Crippen molar-refractivity contribution in [2.24, 2.45) is 0 Å². The lowest BCUT2D eigenvalue weighted by Crippen LogP contribution is -2.47. The third kappa shape index (κ3) is 4.07. The highest BCUT2D eigenvalue weighted by Crippen LogP contribution is 2.36. The number of amides is 1. The van der Waals surface area contributed by atoms with E-state index in [1.165, 1.54) is 0 Å². The minimum atomic E-state index is -4.56. The highest BCUT2D eigenvalue weighted by Gasteiger charge is 2.36. The Morgan fingerprint density at radius 1 is 1.08 bits per heavy atom. The van der Waals surface area contributed by atoms with Crippen LogP contribution in [0.15, 0.2) is 12.1 Å². The molecule has 2 fully saturated rings. The van der Waals surface area contributed by atoms with E-state index in [1.54, 1.807) is 0 Å². The summed E-state index contributed by atoms with van der Waals surface area (Å²) in [6.07, 6.45) is 0.638. The maximum Gasteiger partial charge on any atom is 0.416 e. The molecule has 1 aliphatic heterocycles. The number of rotatable bonds is 3. The monoisotopic (exact) mass is 394 g/mol. The van der Waals surface area contributed by atoms with Gasteiger partial charge < -0.3 is 5.32 Å². The van der Waals surface area contributed by atoms with Gasteiger partial charge in [0.15, 0.2) is 0 Å². The molecule has 3 nitrogen and oxygen atoms in total. The van der Waals surface area contributed by atoms with Gasteiger partial charge in [0.25, 0.3) is 5.91 Å². The number of halogens is 5. The van der Waals surface area contributed by atoms with Gasteiger partial charge in [0.1, 0.15) is 0 Å². The van der Waals surface area contributed by atoms with Gasteiger partial charge in [0.05, 0.1) is 21.2 Å². The Morgan fingerprint density at radius 3 is 2.24 bits per heavy atom. The molecule has 1 N–H and O–H groups in total. The number of nitrogens with one attached hydrogen (secondary N) is 1.